The summed E-state index contributed by atoms with van der Waals surface area (Å²) in [5, 5.41) is 12.0. The molecule has 0 fully saturated rings. The van der Waals surface area contributed by atoms with Crippen LogP contribution in [0, 0.1) is 6.92 Å². The van der Waals surface area contributed by atoms with Gasteiger partial charge < -0.3 is 9.84 Å². The quantitative estimate of drug-likeness (QED) is 0.612. The van der Waals surface area contributed by atoms with Crippen LogP contribution >= 0.6 is 0 Å². The number of para-hydroxylation sites is 2. The summed E-state index contributed by atoms with van der Waals surface area (Å²) in [6, 6.07) is 13.5. The van der Waals surface area contributed by atoms with E-state index in [4.69, 9.17) is 9.84 Å². The van der Waals surface area contributed by atoms with Gasteiger partial charge in [-0.2, -0.15) is 0 Å². The standard InChI is InChI=1S/C21H21N3O4/c1-3-12-28-19-7-5-4-6-18(19)22-13-17-14(2)23-24(20(17)25)16-10-8-15(9-11-16)21(26)27/h4-11,13,23H,3,12H2,1-2H3,(H,26,27). The molecule has 7 heteroatoms. The number of aromatic nitrogens is 2. The van der Waals surface area contributed by atoms with Gasteiger partial charge in [0, 0.05) is 11.9 Å². The summed E-state index contributed by atoms with van der Waals surface area (Å²) in [6.45, 7) is 4.40. The molecule has 0 amide bonds. The van der Waals surface area contributed by atoms with Crippen molar-refractivity contribution in [3.63, 3.8) is 0 Å². The maximum Gasteiger partial charge on any atom is 0.335 e. The second-order valence-corrected chi connectivity index (χ2v) is 6.22. The highest BCUT2D eigenvalue weighted by Crippen LogP contribution is 2.26. The van der Waals surface area contributed by atoms with Crippen molar-refractivity contribution in [3.05, 3.63) is 75.7 Å². The topological polar surface area (TPSA) is 96.7 Å². The van der Waals surface area contributed by atoms with E-state index in [1.165, 1.54) is 23.0 Å². The number of H-pyrrole nitrogens is 1. The monoisotopic (exact) mass is 379 g/mol. The van der Waals surface area contributed by atoms with Crippen LogP contribution in [0.4, 0.5) is 5.69 Å². The third-order valence-electron chi connectivity index (χ3n) is 4.15. The fraction of sp³-hybridized carbons (Fsp3) is 0.190. The van der Waals surface area contributed by atoms with E-state index in [1.54, 1.807) is 19.1 Å². The highest BCUT2D eigenvalue weighted by molar-refractivity contribution is 5.87. The Kier molecular flexibility index (Phi) is 5.74. The summed E-state index contributed by atoms with van der Waals surface area (Å²) in [5.74, 6) is -0.350. The number of nitrogens with zero attached hydrogens (tertiary/aromatic N) is 2. The number of nitrogens with one attached hydrogen (secondary N) is 1. The van der Waals surface area contributed by atoms with Gasteiger partial charge in [0.05, 0.1) is 23.4 Å². The zero-order valence-corrected chi connectivity index (χ0v) is 15.7. The molecule has 3 rings (SSSR count). The van der Waals surface area contributed by atoms with E-state index >= 15 is 0 Å². The van der Waals surface area contributed by atoms with Crippen LogP contribution in [-0.2, 0) is 0 Å². The summed E-state index contributed by atoms with van der Waals surface area (Å²) >= 11 is 0. The average Bonchev–Trinajstić information content (AvgIpc) is 2.99. The number of carboxylic acids is 1. The summed E-state index contributed by atoms with van der Waals surface area (Å²) < 4.78 is 7.05. The Labute approximate surface area is 161 Å². The molecule has 0 unspecified atom stereocenters. The minimum Gasteiger partial charge on any atom is -0.491 e. The molecule has 28 heavy (non-hydrogen) atoms. The number of aryl methyl sites for hydroxylation is 1. The van der Waals surface area contributed by atoms with E-state index < -0.39 is 5.97 Å². The fourth-order valence-corrected chi connectivity index (χ4v) is 2.68. The molecular formula is C21H21N3O4. The van der Waals surface area contributed by atoms with Crippen LogP contribution in [0.5, 0.6) is 5.75 Å². The first-order valence-corrected chi connectivity index (χ1v) is 8.92. The number of hydrogen-bond acceptors (Lipinski definition) is 4. The fourth-order valence-electron chi connectivity index (χ4n) is 2.68. The Morgan fingerprint density at radius 1 is 1.21 bits per heavy atom. The van der Waals surface area contributed by atoms with Crippen molar-refractivity contribution in [2.24, 2.45) is 4.99 Å². The Balaban J connectivity index is 1.92. The third kappa shape index (κ3) is 4.03. The Hall–Kier alpha value is -3.61. The van der Waals surface area contributed by atoms with Gasteiger partial charge in [-0.05, 0) is 49.7 Å². The largest absolute Gasteiger partial charge is 0.491 e. The highest BCUT2D eigenvalue weighted by Gasteiger charge is 2.12. The molecule has 0 aliphatic rings. The van der Waals surface area contributed by atoms with Crippen LogP contribution in [-0.4, -0.2) is 33.7 Å². The zero-order chi connectivity index (χ0) is 20.1. The second kappa shape index (κ2) is 8.39. The maximum atomic E-state index is 12.8. The molecule has 1 aromatic heterocycles. The SMILES string of the molecule is CCCOc1ccccc1N=Cc1c(C)[nH]n(-c2ccc(C(=O)O)cc2)c1=O. The van der Waals surface area contributed by atoms with Gasteiger partial charge in [0.15, 0.2) is 0 Å². The highest BCUT2D eigenvalue weighted by atomic mass is 16.5. The van der Waals surface area contributed by atoms with Gasteiger partial charge in [-0.25, -0.2) is 9.48 Å². The number of aromatic carboxylic acids is 1. The zero-order valence-electron chi connectivity index (χ0n) is 15.7. The van der Waals surface area contributed by atoms with Crippen LogP contribution in [0.3, 0.4) is 0 Å². The first-order valence-electron chi connectivity index (χ1n) is 8.92. The summed E-state index contributed by atoms with van der Waals surface area (Å²) in [4.78, 5) is 28.2. The minimum atomic E-state index is -1.02. The molecule has 0 aliphatic heterocycles. The van der Waals surface area contributed by atoms with E-state index in [0.717, 1.165) is 6.42 Å². The number of rotatable bonds is 7. The van der Waals surface area contributed by atoms with Gasteiger partial charge in [0.2, 0.25) is 0 Å². The molecule has 0 bridgehead atoms. The number of ether oxygens (including phenoxy) is 1. The predicted molar refractivity (Wildman–Crippen MR) is 108 cm³/mol. The average molecular weight is 379 g/mol. The van der Waals surface area contributed by atoms with Crippen molar-refractivity contribution in [1.29, 1.82) is 0 Å². The second-order valence-electron chi connectivity index (χ2n) is 6.22. The van der Waals surface area contributed by atoms with Gasteiger partial charge in [0.1, 0.15) is 11.4 Å². The van der Waals surface area contributed by atoms with Crippen molar-refractivity contribution in [1.82, 2.24) is 9.78 Å². The molecule has 0 atom stereocenters. The van der Waals surface area contributed by atoms with E-state index in [2.05, 4.69) is 10.1 Å². The molecule has 0 radical (unpaired) electrons. The normalized spacial score (nSPS) is 11.1. The minimum absolute atomic E-state index is 0.158. The number of aliphatic imine (C=N–C) groups is 1. The Morgan fingerprint density at radius 2 is 1.93 bits per heavy atom. The van der Waals surface area contributed by atoms with E-state index in [9.17, 15) is 9.59 Å². The Morgan fingerprint density at radius 3 is 2.61 bits per heavy atom. The lowest BCUT2D eigenvalue weighted by molar-refractivity contribution is 0.0697. The van der Waals surface area contributed by atoms with Crippen LogP contribution < -0.4 is 10.3 Å². The molecule has 7 nitrogen and oxygen atoms in total. The molecule has 1 heterocycles. The van der Waals surface area contributed by atoms with Crippen molar-refractivity contribution in [2.45, 2.75) is 20.3 Å². The molecule has 144 valence electrons. The summed E-state index contributed by atoms with van der Waals surface area (Å²) in [5.41, 5.74) is 2.16. The predicted octanol–water partition coefficient (Wildman–Crippen LogP) is 3.71. The lowest BCUT2D eigenvalue weighted by atomic mass is 10.2. The molecule has 2 N–H and O–H groups in total. The first-order chi connectivity index (χ1) is 13.5. The third-order valence-corrected chi connectivity index (χ3v) is 4.15. The van der Waals surface area contributed by atoms with Gasteiger partial charge in [-0.1, -0.05) is 19.1 Å². The lowest BCUT2D eigenvalue weighted by Gasteiger charge is -2.06. The first kappa shape index (κ1) is 19.2. The number of carbonyl (C=O) groups is 1. The van der Waals surface area contributed by atoms with Crippen molar-refractivity contribution >= 4 is 17.9 Å². The summed E-state index contributed by atoms with van der Waals surface area (Å²) in [6.07, 6.45) is 2.41. The molecule has 0 aliphatic carbocycles. The Bertz CT molecular complexity index is 1060. The number of carboxylic acid groups (broad SMARTS) is 1. The van der Waals surface area contributed by atoms with Gasteiger partial charge in [-0.15, -0.1) is 0 Å². The number of benzene rings is 2. The van der Waals surface area contributed by atoms with Gasteiger partial charge >= 0.3 is 5.97 Å². The van der Waals surface area contributed by atoms with E-state index in [1.807, 2.05) is 31.2 Å². The molecule has 0 saturated heterocycles. The molecule has 2 aromatic carbocycles. The van der Waals surface area contributed by atoms with E-state index in [0.29, 0.717) is 35.0 Å². The van der Waals surface area contributed by atoms with Crippen LogP contribution in [0.15, 0.2) is 58.3 Å². The molecule has 0 saturated carbocycles. The van der Waals surface area contributed by atoms with Crippen LogP contribution in [0.25, 0.3) is 5.69 Å². The number of hydrogen-bond donors (Lipinski definition) is 2. The van der Waals surface area contributed by atoms with Crippen molar-refractivity contribution in [2.75, 3.05) is 6.61 Å². The molecule has 0 spiro atoms. The van der Waals surface area contributed by atoms with Gasteiger partial charge in [0.25, 0.3) is 5.56 Å². The van der Waals surface area contributed by atoms with E-state index in [-0.39, 0.29) is 11.1 Å². The number of aromatic amines is 1. The molecule has 3 aromatic rings. The van der Waals surface area contributed by atoms with Crippen molar-refractivity contribution < 1.29 is 14.6 Å². The van der Waals surface area contributed by atoms with Gasteiger partial charge in [-0.3, -0.25) is 14.9 Å². The summed E-state index contributed by atoms with van der Waals surface area (Å²) in [7, 11) is 0. The lowest BCUT2D eigenvalue weighted by Crippen LogP contribution is -2.17. The van der Waals surface area contributed by atoms with Crippen LogP contribution in [0.2, 0.25) is 0 Å². The van der Waals surface area contributed by atoms with Crippen LogP contribution in [0.1, 0.15) is 35.0 Å². The smallest absolute Gasteiger partial charge is 0.335 e. The maximum absolute atomic E-state index is 12.8. The molecular weight excluding hydrogens is 358 g/mol. The van der Waals surface area contributed by atoms with Crippen molar-refractivity contribution in [3.8, 4) is 11.4 Å².